The van der Waals surface area contributed by atoms with Crippen LogP contribution in [0.25, 0.3) is 0 Å². The zero-order chi connectivity index (χ0) is 2.00. The van der Waals surface area contributed by atoms with E-state index >= 15 is 0 Å². The maximum absolute atomic E-state index is 8.39. The van der Waals surface area contributed by atoms with Gasteiger partial charge in [-0.25, -0.2) is 0 Å². The molecule has 0 aliphatic heterocycles. The van der Waals surface area contributed by atoms with Gasteiger partial charge >= 0.3 is 92.1 Å². The summed E-state index contributed by atoms with van der Waals surface area (Å²) in [5.74, 6) is 0. The fourth-order valence-corrected chi connectivity index (χ4v) is 0. The molecule has 0 aromatic heterocycles. The zero-order valence-corrected chi connectivity index (χ0v) is 5.42. The molecule has 0 N–H and O–H groups in total. The molecule has 0 saturated carbocycles. The van der Waals surface area contributed by atoms with Crippen molar-refractivity contribution in [1.82, 2.24) is 0 Å². The van der Waals surface area contributed by atoms with Gasteiger partial charge in [-0.3, -0.25) is 0 Å². The van der Waals surface area contributed by atoms with Crippen molar-refractivity contribution >= 4 is 51.4 Å². The molecule has 0 bridgehead atoms. The van der Waals surface area contributed by atoms with Crippen LogP contribution < -0.4 is 0 Å². The first kappa shape index (κ1) is 15.7. The van der Waals surface area contributed by atoms with Gasteiger partial charge in [0.1, 0.15) is 0 Å². The molecule has 0 unspecified atom stereocenters. The summed E-state index contributed by atoms with van der Waals surface area (Å²) in [6.45, 7) is 0. The minimum absolute atomic E-state index is 0. The van der Waals surface area contributed by atoms with Crippen LogP contribution in [0.2, 0.25) is 0 Å². The van der Waals surface area contributed by atoms with Crippen LogP contribution in [-0.2, 0) is 17.7 Å². The molecule has 0 aliphatic rings. The molecular weight excluding hydrogens is 254 g/mol. The Labute approximate surface area is 105 Å². The molecular formula is HCeCoKO. The van der Waals surface area contributed by atoms with Gasteiger partial charge in [-0.05, 0) is 0 Å². The van der Waals surface area contributed by atoms with E-state index in [1.165, 1.54) is 0 Å². The Morgan fingerprint density at radius 3 is 1.25 bits per heavy atom. The van der Waals surface area contributed by atoms with Gasteiger partial charge in [0.15, 0.2) is 0 Å². The van der Waals surface area contributed by atoms with Crippen LogP contribution in [0.15, 0.2) is 0 Å². The monoisotopic (exact) mass is 255 g/mol. The second kappa shape index (κ2) is 16.2. The van der Waals surface area contributed by atoms with Crippen molar-refractivity contribution in [3.63, 3.8) is 0 Å². The van der Waals surface area contributed by atoms with E-state index in [1.807, 2.05) is 0 Å². The summed E-state index contributed by atoms with van der Waals surface area (Å²) in [4.78, 5) is 0. The molecule has 0 spiro atoms. The first-order valence-corrected chi connectivity index (χ1v) is 1.49. The maximum atomic E-state index is 8.39. The van der Waals surface area contributed by atoms with Gasteiger partial charge < -0.3 is 0 Å². The van der Waals surface area contributed by atoms with Crippen molar-refractivity contribution in [2.45, 2.75) is 0 Å². The molecule has 0 atom stereocenters. The number of hydrogen-bond donors (Lipinski definition) is 0. The molecule has 0 aromatic rings. The standard InChI is InChI=1S/Ce.Co.K.O.H. The zero-order valence-electron chi connectivity index (χ0n) is 1.24. The molecule has 0 heterocycles. The van der Waals surface area contributed by atoms with Crippen molar-refractivity contribution < 1.29 is 57.5 Å². The molecule has 1 nitrogen and oxygen atoms in total. The van der Waals surface area contributed by atoms with Crippen LogP contribution in [-0.4, -0.2) is 51.4 Å². The van der Waals surface area contributed by atoms with Crippen molar-refractivity contribution in [1.29, 1.82) is 0 Å². The Morgan fingerprint density at radius 2 is 1.25 bits per heavy atom. The molecule has 0 aliphatic carbocycles. The van der Waals surface area contributed by atoms with Gasteiger partial charge in [-0.15, -0.1) is 0 Å². The molecule has 0 rings (SSSR count). The Kier molecular flexibility index (Phi) is 63.6. The molecule has 21 valence electrons. The third-order valence-corrected chi connectivity index (χ3v) is 0. The van der Waals surface area contributed by atoms with Gasteiger partial charge in [0.05, 0.1) is 0 Å². The molecule has 0 saturated heterocycles. The van der Waals surface area contributed by atoms with Gasteiger partial charge in [-0.1, -0.05) is 0 Å². The quantitative estimate of drug-likeness (QED) is 0.520. The molecule has 0 fully saturated rings. The van der Waals surface area contributed by atoms with E-state index in [9.17, 15) is 0 Å². The molecule has 1 radical (unpaired) electrons. The van der Waals surface area contributed by atoms with E-state index in [-0.39, 0.29) is 108 Å². The van der Waals surface area contributed by atoms with Crippen molar-refractivity contribution in [3.05, 3.63) is 0 Å². The van der Waals surface area contributed by atoms with Crippen molar-refractivity contribution in [3.8, 4) is 0 Å². The SMILES string of the molecule is [Co].[KH].[O]=[Ce]. The van der Waals surface area contributed by atoms with Gasteiger partial charge in [0.2, 0.25) is 0 Å². The third-order valence-electron chi connectivity index (χ3n) is 0. The van der Waals surface area contributed by atoms with E-state index in [0.717, 1.165) is 0 Å². The van der Waals surface area contributed by atoms with Gasteiger partial charge in [0, 0.05) is 16.8 Å². The Hall–Kier alpha value is 3.32. The Morgan fingerprint density at radius 1 is 1.25 bits per heavy atom. The second-order valence-electron chi connectivity index (χ2n) is 0. The fraction of sp³-hybridized carbons (Fsp3) is 0. The van der Waals surface area contributed by atoms with Crippen LogP contribution in [0.4, 0.5) is 0 Å². The summed E-state index contributed by atoms with van der Waals surface area (Å²) >= 11 is 0.0556. The summed E-state index contributed by atoms with van der Waals surface area (Å²) < 4.78 is 8.39. The predicted octanol–water partition coefficient (Wildman–Crippen LogP) is -0.770. The summed E-state index contributed by atoms with van der Waals surface area (Å²) in [5, 5.41) is 0. The number of hydrogen-bond acceptors (Lipinski definition) is 1. The number of rotatable bonds is 0. The van der Waals surface area contributed by atoms with Crippen LogP contribution >= 0.6 is 0 Å². The van der Waals surface area contributed by atoms with Crippen molar-refractivity contribution in [2.24, 2.45) is 0 Å². The average molecular weight is 255 g/mol. The summed E-state index contributed by atoms with van der Waals surface area (Å²) in [6.07, 6.45) is 0. The van der Waals surface area contributed by atoms with Crippen LogP contribution in [0.3, 0.4) is 0 Å². The summed E-state index contributed by atoms with van der Waals surface area (Å²) in [5.41, 5.74) is 0. The van der Waals surface area contributed by atoms with E-state index in [1.54, 1.807) is 0 Å². The van der Waals surface area contributed by atoms with E-state index < -0.39 is 0 Å². The van der Waals surface area contributed by atoms with Gasteiger partial charge in [0.25, 0.3) is 0 Å². The first-order chi connectivity index (χ1) is 1.00. The van der Waals surface area contributed by atoms with Crippen LogP contribution in [0.5, 0.6) is 0 Å². The van der Waals surface area contributed by atoms with Crippen LogP contribution in [0, 0.1) is 39.8 Å². The molecule has 4 heteroatoms. The molecule has 4 heavy (non-hydrogen) atoms. The van der Waals surface area contributed by atoms with E-state index in [2.05, 4.69) is 0 Å². The fourth-order valence-electron chi connectivity index (χ4n) is 0. The first-order valence-electron chi connectivity index (χ1n) is 0.204. The summed E-state index contributed by atoms with van der Waals surface area (Å²) in [7, 11) is 0. The van der Waals surface area contributed by atoms with E-state index in [0.29, 0.717) is 0 Å². The second-order valence-corrected chi connectivity index (χ2v) is 0. The predicted molar refractivity (Wildman–Crippen MR) is 7.84 cm³/mol. The normalized spacial score (nSPS) is 0.750. The van der Waals surface area contributed by atoms with Gasteiger partial charge in [-0.2, -0.15) is 0 Å². The Bertz CT molecular complexity index is 8.00. The molecule has 0 aromatic carbocycles. The van der Waals surface area contributed by atoms with Crippen LogP contribution in [0.1, 0.15) is 0 Å². The van der Waals surface area contributed by atoms with E-state index in [4.69, 9.17) is 0.938 Å². The summed E-state index contributed by atoms with van der Waals surface area (Å²) in [6, 6.07) is 0. The minimum atomic E-state index is 0. The molecule has 0 amide bonds. The third kappa shape index (κ3) is 9.01. The van der Waals surface area contributed by atoms with Crippen molar-refractivity contribution in [2.75, 3.05) is 0 Å². The topological polar surface area (TPSA) is 17.1 Å². The average Bonchev–Trinajstić information content (AvgIpc) is 1.00. The Balaban J connectivity index is -0.00000000500.